The lowest BCUT2D eigenvalue weighted by Crippen LogP contribution is -2.10. The second kappa shape index (κ2) is 20.2. The third-order valence-corrected chi connectivity index (χ3v) is 4.73. The number of ether oxygens (including phenoxy) is 4. The largest absolute Gasteiger partial charge is 0.494 e. The highest BCUT2D eigenvalue weighted by Gasteiger charge is 1.98. The highest BCUT2D eigenvalue weighted by atomic mass is 16.5. The zero-order chi connectivity index (χ0) is 22.4. The second-order valence-electron chi connectivity index (χ2n) is 7.49. The first-order valence-electron chi connectivity index (χ1n) is 11.6. The molecule has 1 rings (SSSR count). The summed E-state index contributed by atoms with van der Waals surface area (Å²) in [6.07, 6.45) is 8.02. The number of carboxylic acid groups (broad SMARTS) is 1. The molecule has 1 aromatic carbocycles. The van der Waals surface area contributed by atoms with E-state index in [4.69, 9.17) is 29.8 Å². The van der Waals surface area contributed by atoms with Crippen molar-refractivity contribution in [3.8, 4) is 5.75 Å². The summed E-state index contributed by atoms with van der Waals surface area (Å²) in [5, 5.41) is 8.54. The smallest absolute Gasteiger partial charge is 0.303 e. The molecule has 0 aromatic heterocycles. The second-order valence-corrected chi connectivity index (χ2v) is 7.49. The number of benzene rings is 1. The van der Waals surface area contributed by atoms with Gasteiger partial charge in [-0.05, 0) is 62.8 Å². The fourth-order valence-electron chi connectivity index (χ4n) is 2.97. The fraction of sp³-hybridized carbons (Fsp3) is 0.708. The van der Waals surface area contributed by atoms with E-state index in [2.05, 4.69) is 12.1 Å². The van der Waals surface area contributed by atoms with Gasteiger partial charge in [-0.1, -0.05) is 25.0 Å². The number of unbranched alkanes of at least 4 members (excludes halogenated alkanes) is 5. The maximum atomic E-state index is 10.4. The Balaban J connectivity index is 1.74. The SMILES string of the molecule is NCCc1ccc(OCCCCCCOCCOCCOCCCCCC(=O)O)cc1. The molecule has 0 aliphatic carbocycles. The van der Waals surface area contributed by atoms with E-state index in [0.717, 1.165) is 63.9 Å². The molecule has 0 aliphatic heterocycles. The zero-order valence-electron chi connectivity index (χ0n) is 18.9. The van der Waals surface area contributed by atoms with Crippen molar-refractivity contribution in [1.82, 2.24) is 0 Å². The molecule has 0 amide bonds. The summed E-state index contributed by atoms with van der Waals surface area (Å²) < 4.78 is 22.3. The van der Waals surface area contributed by atoms with Crippen molar-refractivity contribution in [3.05, 3.63) is 29.8 Å². The van der Waals surface area contributed by atoms with Gasteiger partial charge in [0.1, 0.15) is 5.75 Å². The molecule has 7 heteroatoms. The van der Waals surface area contributed by atoms with Gasteiger partial charge in [0.2, 0.25) is 0 Å². The van der Waals surface area contributed by atoms with Crippen molar-refractivity contribution < 1.29 is 28.8 Å². The van der Waals surface area contributed by atoms with E-state index in [0.29, 0.717) is 46.0 Å². The van der Waals surface area contributed by atoms with Crippen LogP contribution in [-0.4, -0.2) is 63.9 Å². The molecular weight excluding hydrogens is 398 g/mol. The van der Waals surface area contributed by atoms with Crippen molar-refractivity contribution >= 4 is 5.97 Å². The van der Waals surface area contributed by atoms with Crippen LogP contribution in [0.3, 0.4) is 0 Å². The average Bonchev–Trinajstić information content (AvgIpc) is 2.76. The van der Waals surface area contributed by atoms with E-state index in [1.165, 1.54) is 5.56 Å². The highest BCUT2D eigenvalue weighted by Crippen LogP contribution is 2.13. The predicted octanol–water partition coefficient (Wildman–Crippen LogP) is 3.82. The lowest BCUT2D eigenvalue weighted by Gasteiger charge is -2.08. The van der Waals surface area contributed by atoms with Gasteiger partial charge in [-0.25, -0.2) is 0 Å². The maximum Gasteiger partial charge on any atom is 0.303 e. The van der Waals surface area contributed by atoms with Crippen LogP contribution in [0.4, 0.5) is 0 Å². The first-order valence-corrected chi connectivity index (χ1v) is 11.6. The molecule has 0 heterocycles. The quantitative estimate of drug-likeness (QED) is 0.265. The summed E-state index contributed by atoms with van der Waals surface area (Å²) in [6.45, 7) is 5.16. The topological polar surface area (TPSA) is 100 Å². The molecule has 0 atom stereocenters. The van der Waals surface area contributed by atoms with Crippen LogP contribution < -0.4 is 10.5 Å². The number of aliphatic carboxylic acids is 1. The first kappa shape index (κ1) is 27.4. The van der Waals surface area contributed by atoms with Gasteiger partial charge < -0.3 is 29.8 Å². The fourth-order valence-corrected chi connectivity index (χ4v) is 2.97. The minimum Gasteiger partial charge on any atom is -0.494 e. The van der Waals surface area contributed by atoms with E-state index in [9.17, 15) is 4.79 Å². The average molecular weight is 440 g/mol. The van der Waals surface area contributed by atoms with Crippen LogP contribution in [-0.2, 0) is 25.4 Å². The van der Waals surface area contributed by atoms with Gasteiger partial charge in [-0.15, -0.1) is 0 Å². The van der Waals surface area contributed by atoms with Gasteiger partial charge in [0, 0.05) is 19.6 Å². The Morgan fingerprint density at radius 2 is 1.23 bits per heavy atom. The molecule has 0 radical (unpaired) electrons. The summed E-state index contributed by atoms with van der Waals surface area (Å²) in [4.78, 5) is 10.4. The van der Waals surface area contributed by atoms with Crippen LogP contribution in [0.15, 0.2) is 24.3 Å². The normalized spacial score (nSPS) is 11.0. The molecule has 0 fully saturated rings. The highest BCUT2D eigenvalue weighted by molar-refractivity contribution is 5.66. The summed E-state index contributed by atoms with van der Waals surface area (Å²) in [5.41, 5.74) is 6.80. The lowest BCUT2D eigenvalue weighted by molar-refractivity contribution is -0.137. The molecule has 0 unspecified atom stereocenters. The van der Waals surface area contributed by atoms with E-state index in [-0.39, 0.29) is 6.42 Å². The maximum absolute atomic E-state index is 10.4. The number of carboxylic acids is 1. The number of hydrogen-bond donors (Lipinski definition) is 2. The molecule has 0 saturated heterocycles. The molecule has 178 valence electrons. The van der Waals surface area contributed by atoms with Gasteiger partial charge in [-0.2, -0.15) is 0 Å². The molecule has 7 nitrogen and oxygen atoms in total. The Kier molecular flexibility index (Phi) is 17.9. The third kappa shape index (κ3) is 17.7. The molecule has 0 spiro atoms. The van der Waals surface area contributed by atoms with E-state index in [1.807, 2.05) is 12.1 Å². The molecule has 31 heavy (non-hydrogen) atoms. The Morgan fingerprint density at radius 1 is 0.710 bits per heavy atom. The minimum atomic E-state index is -0.734. The third-order valence-electron chi connectivity index (χ3n) is 4.73. The van der Waals surface area contributed by atoms with Gasteiger partial charge >= 0.3 is 5.97 Å². The summed E-state index contributed by atoms with van der Waals surface area (Å²) in [6, 6.07) is 8.17. The molecule has 0 saturated carbocycles. The Hall–Kier alpha value is -1.67. The van der Waals surface area contributed by atoms with Crippen LogP contribution in [0.1, 0.15) is 56.9 Å². The van der Waals surface area contributed by atoms with Crippen molar-refractivity contribution in [2.75, 3.05) is 52.8 Å². The molecule has 0 bridgehead atoms. The van der Waals surface area contributed by atoms with Crippen LogP contribution >= 0.6 is 0 Å². The van der Waals surface area contributed by atoms with Crippen LogP contribution in [0.2, 0.25) is 0 Å². The zero-order valence-corrected chi connectivity index (χ0v) is 18.9. The summed E-state index contributed by atoms with van der Waals surface area (Å²) in [5.74, 6) is 0.188. The van der Waals surface area contributed by atoms with Crippen molar-refractivity contribution in [3.63, 3.8) is 0 Å². The monoisotopic (exact) mass is 439 g/mol. The molecule has 0 aliphatic rings. The number of rotatable bonds is 22. The lowest BCUT2D eigenvalue weighted by atomic mass is 10.1. The van der Waals surface area contributed by atoms with Crippen molar-refractivity contribution in [2.45, 2.75) is 57.8 Å². The summed E-state index contributed by atoms with van der Waals surface area (Å²) in [7, 11) is 0. The Labute approximate surface area is 187 Å². The Morgan fingerprint density at radius 3 is 1.77 bits per heavy atom. The van der Waals surface area contributed by atoms with Gasteiger partial charge in [0.05, 0.1) is 33.0 Å². The van der Waals surface area contributed by atoms with E-state index < -0.39 is 5.97 Å². The molecular formula is C24H41NO6. The van der Waals surface area contributed by atoms with Gasteiger partial charge in [-0.3, -0.25) is 4.79 Å². The van der Waals surface area contributed by atoms with E-state index in [1.54, 1.807) is 0 Å². The first-order chi connectivity index (χ1) is 15.2. The van der Waals surface area contributed by atoms with Gasteiger partial charge in [0.15, 0.2) is 0 Å². The van der Waals surface area contributed by atoms with Crippen LogP contribution in [0.5, 0.6) is 5.75 Å². The standard InChI is InChI=1S/C24H41NO6/c25-14-13-22-9-11-23(12-10-22)31-17-7-2-1-5-15-28-18-20-30-21-19-29-16-6-3-4-8-24(26)27/h9-12H,1-8,13-21,25H2,(H,26,27). The van der Waals surface area contributed by atoms with E-state index >= 15 is 0 Å². The molecule has 1 aromatic rings. The van der Waals surface area contributed by atoms with Crippen LogP contribution in [0, 0.1) is 0 Å². The Bertz CT molecular complexity index is 537. The summed E-state index contributed by atoms with van der Waals surface area (Å²) >= 11 is 0. The number of hydrogen-bond acceptors (Lipinski definition) is 6. The number of nitrogens with two attached hydrogens (primary N) is 1. The minimum absolute atomic E-state index is 0.239. The van der Waals surface area contributed by atoms with Gasteiger partial charge in [0.25, 0.3) is 0 Å². The molecule has 3 N–H and O–H groups in total. The van der Waals surface area contributed by atoms with Crippen molar-refractivity contribution in [2.24, 2.45) is 5.73 Å². The number of carbonyl (C=O) groups is 1. The van der Waals surface area contributed by atoms with Crippen molar-refractivity contribution in [1.29, 1.82) is 0 Å². The predicted molar refractivity (Wildman–Crippen MR) is 122 cm³/mol. The van der Waals surface area contributed by atoms with Crippen LogP contribution in [0.25, 0.3) is 0 Å².